The van der Waals surface area contributed by atoms with Gasteiger partial charge in [0.05, 0.1) is 4.90 Å². The third kappa shape index (κ3) is 1.54. The summed E-state index contributed by atoms with van der Waals surface area (Å²) in [4.78, 5) is 0.173. The van der Waals surface area contributed by atoms with Crippen LogP contribution in [0.1, 0.15) is 5.56 Å². The van der Waals surface area contributed by atoms with Crippen molar-refractivity contribution in [1.82, 2.24) is 0 Å². The summed E-state index contributed by atoms with van der Waals surface area (Å²) in [5, 5.41) is 8.11. The van der Waals surface area contributed by atoms with E-state index >= 15 is 0 Å². The third-order valence-corrected chi connectivity index (χ3v) is 4.04. The molecule has 74 valence electrons. The van der Waals surface area contributed by atoms with E-state index in [0.29, 0.717) is 0 Å². The van der Waals surface area contributed by atoms with E-state index < -0.39 is 10.0 Å². The van der Waals surface area contributed by atoms with E-state index in [2.05, 4.69) is 0 Å². The molecule has 0 amide bonds. The molecule has 2 aromatic rings. The number of hydrogen-bond acceptors (Lipinski definition) is 3. The highest BCUT2D eigenvalue weighted by atomic mass is 32.2. The normalized spacial score (nSPS) is 12.1. The molecular weight excluding hydrogens is 218 g/mol. The van der Waals surface area contributed by atoms with Gasteiger partial charge in [-0.1, -0.05) is 6.07 Å². The molecule has 0 aliphatic rings. The molecule has 0 fully saturated rings. The van der Waals surface area contributed by atoms with Crippen LogP contribution in [0.3, 0.4) is 0 Å². The molecule has 14 heavy (non-hydrogen) atoms. The summed E-state index contributed by atoms with van der Waals surface area (Å²) in [6.07, 6.45) is 0. The SMILES string of the molecule is Cc1csc2cc(S(N)(=O)=O)ccc12. The van der Waals surface area contributed by atoms with Gasteiger partial charge in [-0.15, -0.1) is 11.3 Å². The maximum atomic E-state index is 11.1. The molecule has 0 aliphatic carbocycles. The number of primary sulfonamides is 1. The number of thiophene rings is 1. The molecule has 2 rings (SSSR count). The number of hydrogen-bond donors (Lipinski definition) is 1. The fourth-order valence-corrected chi connectivity index (χ4v) is 2.91. The molecule has 1 heterocycles. The van der Waals surface area contributed by atoms with Gasteiger partial charge in [-0.25, -0.2) is 13.6 Å². The quantitative estimate of drug-likeness (QED) is 0.808. The molecule has 2 N–H and O–H groups in total. The van der Waals surface area contributed by atoms with Crippen LogP contribution in [0.25, 0.3) is 10.1 Å². The van der Waals surface area contributed by atoms with Crippen molar-refractivity contribution in [2.75, 3.05) is 0 Å². The monoisotopic (exact) mass is 227 g/mol. The molecule has 0 saturated carbocycles. The lowest BCUT2D eigenvalue weighted by atomic mass is 10.2. The van der Waals surface area contributed by atoms with Gasteiger partial charge in [0.15, 0.2) is 0 Å². The van der Waals surface area contributed by atoms with Crippen molar-refractivity contribution in [3.8, 4) is 0 Å². The molecule has 1 aromatic carbocycles. The van der Waals surface area contributed by atoms with Crippen LogP contribution in [0.5, 0.6) is 0 Å². The Kier molecular flexibility index (Phi) is 2.10. The molecule has 5 heteroatoms. The van der Waals surface area contributed by atoms with Crippen molar-refractivity contribution >= 4 is 31.4 Å². The zero-order valence-corrected chi connectivity index (χ0v) is 9.15. The maximum absolute atomic E-state index is 11.1. The van der Waals surface area contributed by atoms with Crippen molar-refractivity contribution in [2.24, 2.45) is 5.14 Å². The van der Waals surface area contributed by atoms with Gasteiger partial charge in [-0.05, 0) is 35.4 Å². The topological polar surface area (TPSA) is 60.2 Å². The average molecular weight is 227 g/mol. The van der Waals surface area contributed by atoms with Gasteiger partial charge in [0.1, 0.15) is 0 Å². The van der Waals surface area contributed by atoms with Crippen molar-refractivity contribution in [2.45, 2.75) is 11.8 Å². The van der Waals surface area contributed by atoms with E-state index in [1.807, 2.05) is 12.3 Å². The zero-order chi connectivity index (χ0) is 10.3. The second kappa shape index (κ2) is 3.05. The average Bonchev–Trinajstić information content (AvgIpc) is 2.46. The Morgan fingerprint density at radius 2 is 2.07 bits per heavy atom. The summed E-state index contributed by atoms with van der Waals surface area (Å²) < 4.78 is 23.1. The number of rotatable bonds is 1. The van der Waals surface area contributed by atoms with Gasteiger partial charge in [-0.2, -0.15) is 0 Å². The lowest BCUT2D eigenvalue weighted by Crippen LogP contribution is -2.11. The fraction of sp³-hybridized carbons (Fsp3) is 0.111. The van der Waals surface area contributed by atoms with Gasteiger partial charge in [-0.3, -0.25) is 0 Å². The van der Waals surface area contributed by atoms with E-state index in [1.165, 1.54) is 17.4 Å². The van der Waals surface area contributed by atoms with Gasteiger partial charge in [0.25, 0.3) is 0 Å². The molecule has 3 nitrogen and oxygen atoms in total. The minimum absolute atomic E-state index is 0.173. The number of fused-ring (bicyclic) bond motifs is 1. The largest absolute Gasteiger partial charge is 0.238 e. The Bertz CT molecular complexity index is 584. The summed E-state index contributed by atoms with van der Waals surface area (Å²) >= 11 is 1.52. The minimum atomic E-state index is -3.58. The maximum Gasteiger partial charge on any atom is 0.238 e. The molecule has 1 aromatic heterocycles. The first-order valence-electron chi connectivity index (χ1n) is 3.99. The Labute approximate surface area is 86.2 Å². The van der Waals surface area contributed by atoms with Crippen molar-refractivity contribution in [1.29, 1.82) is 0 Å². The van der Waals surface area contributed by atoms with E-state index in [4.69, 9.17) is 5.14 Å². The van der Waals surface area contributed by atoms with Crippen LogP contribution in [0.2, 0.25) is 0 Å². The van der Waals surface area contributed by atoms with Crippen molar-refractivity contribution in [3.63, 3.8) is 0 Å². The molecule has 0 saturated heterocycles. The summed E-state index contributed by atoms with van der Waals surface area (Å²) in [6.45, 7) is 2.00. The molecule has 0 bridgehead atoms. The smallest absolute Gasteiger partial charge is 0.225 e. The molecule has 0 atom stereocenters. The second-order valence-corrected chi connectivity index (χ2v) is 5.59. The minimum Gasteiger partial charge on any atom is -0.225 e. The first kappa shape index (κ1) is 9.64. The van der Waals surface area contributed by atoms with Gasteiger partial charge < -0.3 is 0 Å². The first-order valence-corrected chi connectivity index (χ1v) is 6.42. The first-order chi connectivity index (χ1) is 6.48. The van der Waals surface area contributed by atoms with Crippen LogP contribution in [-0.2, 0) is 10.0 Å². The third-order valence-electron chi connectivity index (χ3n) is 2.07. The summed E-state index contributed by atoms with van der Waals surface area (Å²) in [5.41, 5.74) is 1.16. The van der Waals surface area contributed by atoms with Gasteiger partial charge >= 0.3 is 0 Å². The van der Waals surface area contributed by atoms with Crippen LogP contribution >= 0.6 is 11.3 Å². The van der Waals surface area contributed by atoms with E-state index in [0.717, 1.165) is 15.6 Å². The summed E-state index contributed by atoms with van der Waals surface area (Å²) in [5.74, 6) is 0. The standard InChI is InChI=1S/C9H9NO2S2/c1-6-5-13-9-4-7(14(10,11)12)2-3-8(6)9/h2-5H,1H3,(H2,10,11,12). The van der Waals surface area contributed by atoms with Crippen molar-refractivity contribution < 1.29 is 8.42 Å². The van der Waals surface area contributed by atoms with E-state index in [-0.39, 0.29) is 4.90 Å². The molecule has 0 aliphatic heterocycles. The van der Waals surface area contributed by atoms with E-state index in [1.54, 1.807) is 12.1 Å². The lowest BCUT2D eigenvalue weighted by molar-refractivity contribution is 0.598. The highest BCUT2D eigenvalue weighted by molar-refractivity contribution is 7.89. The summed E-state index contributed by atoms with van der Waals surface area (Å²) in [6, 6.07) is 4.95. The van der Waals surface area contributed by atoms with Gasteiger partial charge in [0.2, 0.25) is 10.0 Å². The van der Waals surface area contributed by atoms with Crippen LogP contribution < -0.4 is 5.14 Å². The predicted octanol–water partition coefficient (Wildman–Crippen LogP) is 1.86. The number of benzene rings is 1. The van der Waals surface area contributed by atoms with Gasteiger partial charge in [0, 0.05) is 4.70 Å². The predicted molar refractivity (Wildman–Crippen MR) is 57.9 cm³/mol. The summed E-state index contributed by atoms with van der Waals surface area (Å²) in [7, 11) is -3.58. The Hall–Kier alpha value is -0.910. The molecule has 0 unspecified atom stereocenters. The lowest BCUT2D eigenvalue weighted by Gasteiger charge is -1.97. The van der Waals surface area contributed by atoms with Crippen LogP contribution in [0.4, 0.5) is 0 Å². The highest BCUT2D eigenvalue weighted by Crippen LogP contribution is 2.27. The zero-order valence-electron chi connectivity index (χ0n) is 7.52. The molecular formula is C9H9NO2S2. The van der Waals surface area contributed by atoms with Crippen LogP contribution in [0, 0.1) is 6.92 Å². The highest BCUT2D eigenvalue weighted by Gasteiger charge is 2.09. The Morgan fingerprint density at radius 3 is 2.71 bits per heavy atom. The number of nitrogens with two attached hydrogens (primary N) is 1. The Balaban J connectivity index is 2.76. The molecule has 0 spiro atoms. The molecule has 0 radical (unpaired) electrons. The second-order valence-electron chi connectivity index (χ2n) is 3.12. The Morgan fingerprint density at radius 1 is 1.36 bits per heavy atom. The van der Waals surface area contributed by atoms with Crippen molar-refractivity contribution in [3.05, 3.63) is 29.1 Å². The fourth-order valence-electron chi connectivity index (χ4n) is 1.32. The van der Waals surface area contributed by atoms with Crippen LogP contribution in [-0.4, -0.2) is 8.42 Å². The van der Waals surface area contributed by atoms with E-state index in [9.17, 15) is 8.42 Å². The number of sulfonamides is 1. The van der Waals surface area contributed by atoms with Crippen LogP contribution in [0.15, 0.2) is 28.5 Å². The number of aryl methyl sites for hydroxylation is 1.